The third-order valence-electron chi connectivity index (χ3n) is 10.4. The minimum atomic E-state index is -0.242. The third kappa shape index (κ3) is 4.09. The number of amides is 4. The van der Waals surface area contributed by atoms with Crippen LogP contribution < -0.4 is 0 Å². The van der Waals surface area contributed by atoms with E-state index in [0.29, 0.717) is 52.4 Å². The van der Waals surface area contributed by atoms with E-state index in [1.54, 1.807) is 0 Å². The molecule has 2 heterocycles. The van der Waals surface area contributed by atoms with Gasteiger partial charge < -0.3 is 9.47 Å². The van der Waals surface area contributed by atoms with E-state index >= 15 is 0 Å². The van der Waals surface area contributed by atoms with Crippen LogP contribution >= 0.6 is 0 Å². The van der Waals surface area contributed by atoms with Gasteiger partial charge in [0, 0.05) is 37.1 Å². The molecule has 2 aliphatic heterocycles. The van der Waals surface area contributed by atoms with E-state index in [-0.39, 0.29) is 70.0 Å². The number of imide groups is 2. The maximum Gasteiger partial charge on any atom is 0.234 e. The van der Waals surface area contributed by atoms with Gasteiger partial charge in [-0.25, -0.2) is 0 Å². The van der Waals surface area contributed by atoms with Gasteiger partial charge in [0.15, 0.2) is 0 Å². The maximum atomic E-state index is 13.1. The molecule has 2 saturated carbocycles. The fraction of sp³-hybridized carbons (Fsp3) is 0.625. The number of rotatable bonds is 15. The van der Waals surface area contributed by atoms with Crippen molar-refractivity contribution in [2.45, 2.75) is 38.5 Å². The van der Waals surface area contributed by atoms with Gasteiger partial charge in [0.25, 0.3) is 0 Å². The summed E-state index contributed by atoms with van der Waals surface area (Å²) in [7, 11) is 0. The van der Waals surface area contributed by atoms with Gasteiger partial charge in [0.1, 0.15) is 0 Å². The van der Waals surface area contributed by atoms with Gasteiger partial charge in [-0.05, 0) is 50.4 Å². The molecule has 8 nitrogen and oxygen atoms in total. The molecule has 0 radical (unpaired) electrons. The van der Waals surface area contributed by atoms with E-state index < -0.39 is 0 Å². The van der Waals surface area contributed by atoms with E-state index in [9.17, 15) is 19.2 Å². The van der Waals surface area contributed by atoms with Crippen LogP contribution in [0.15, 0.2) is 49.6 Å². The molecular weight excluding hydrogens is 508 g/mol. The lowest BCUT2D eigenvalue weighted by Gasteiger charge is -2.29. The monoisotopic (exact) mass is 548 g/mol. The summed E-state index contributed by atoms with van der Waals surface area (Å²) in [5.41, 5.74) is -0.462. The van der Waals surface area contributed by atoms with E-state index in [1.807, 2.05) is 12.2 Å². The Bertz CT molecular complexity index is 1090. The smallest absolute Gasteiger partial charge is 0.234 e. The van der Waals surface area contributed by atoms with Crippen molar-refractivity contribution in [1.82, 2.24) is 9.80 Å². The summed E-state index contributed by atoms with van der Waals surface area (Å²) in [6, 6.07) is 0. The number of likely N-dealkylation sites (tertiary alicyclic amines) is 2. The lowest BCUT2D eigenvalue weighted by molar-refractivity contribution is -0.143. The van der Waals surface area contributed by atoms with Crippen LogP contribution in [-0.4, -0.2) is 72.9 Å². The second-order valence-corrected chi connectivity index (χ2v) is 12.5. The number of hydrogen-bond acceptors (Lipinski definition) is 6. The van der Waals surface area contributed by atoms with Crippen molar-refractivity contribution in [1.29, 1.82) is 0 Å². The molecule has 4 aliphatic carbocycles. The zero-order chi connectivity index (χ0) is 28.1. The molecular formula is C32H40N2O6. The van der Waals surface area contributed by atoms with E-state index in [1.165, 1.54) is 9.80 Å². The van der Waals surface area contributed by atoms with Gasteiger partial charge in [0.2, 0.25) is 23.6 Å². The first-order chi connectivity index (χ1) is 19.4. The number of ether oxygens (including phenoxy) is 2. The summed E-state index contributed by atoms with van der Waals surface area (Å²) in [6.45, 7) is 10.2. The predicted octanol–water partition coefficient (Wildman–Crippen LogP) is 3.31. The van der Waals surface area contributed by atoms with Crippen molar-refractivity contribution in [2.75, 3.05) is 39.5 Å². The largest absolute Gasteiger partial charge is 0.379 e. The van der Waals surface area contributed by atoms with Gasteiger partial charge in [-0.2, -0.15) is 0 Å². The molecule has 40 heavy (non-hydrogen) atoms. The number of nitrogens with zero attached hydrogens (tertiary/aromatic N) is 2. The molecule has 6 aliphatic rings. The Hall–Kier alpha value is -2.84. The van der Waals surface area contributed by atoms with Crippen molar-refractivity contribution in [3.63, 3.8) is 0 Å². The molecule has 0 aromatic rings. The fourth-order valence-corrected chi connectivity index (χ4v) is 8.81. The van der Waals surface area contributed by atoms with Gasteiger partial charge in [-0.1, -0.05) is 36.5 Å². The van der Waals surface area contributed by atoms with Crippen LogP contribution in [0.3, 0.4) is 0 Å². The summed E-state index contributed by atoms with van der Waals surface area (Å²) in [5, 5.41) is 0. The normalized spacial score (nSPS) is 38.3. The van der Waals surface area contributed by atoms with Crippen molar-refractivity contribution in [3.8, 4) is 0 Å². The van der Waals surface area contributed by atoms with Gasteiger partial charge in [0.05, 0.1) is 36.9 Å². The summed E-state index contributed by atoms with van der Waals surface area (Å²) in [5.74, 6) is -0.703. The van der Waals surface area contributed by atoms with Crippen LogP contribution in [0.2, 0.25) is 0 Å². The van der Waals surface area contributed by atoms with Gasteiger partial charge in [-0.15, -0.1) is 13.2 Å². The van der Waals surface area contributed by atoms with Crippen LogP contribution in [0.1, 0.15) is 38.5 Å². The van der Waals surface area contributed by atoms with Crippen LogP contribution in [0.5, 0.6) is 0 Å². The van der Waals surface area contributed by atoms with Crippen molar-refractivity contribution >= 4 is 23.6 Å². The Morgan fingerprint density at radius 3 is 1.52 bits per heavy atom. The van der Waals surface area contributed by atoms with E-state index in [4.69, 9.17) is 9.47 Å². The lowest BCUT2D eigenvalue weighted by Crippen LogP contribution is -2.36. The predicted molar refractivity (Wildman–Crippen MR) is 147 cm³/mol. The topological polar surface area (TPSA) is 93.2 Å². The Morgan fingerprint density at radius 1 is 0.700 bits per heavy atom. The van der Waals surface area contributed by atoms with Crippen LogP contribution in [0.25, 0.3) is 0 Å². The molecule has 0 spiro atoms. The van der Waals surface area contributed by atoms with Crippen molar-refractivity contribution in [3.05, 3.63) is 49.6 Å². The van der Waals surface area contributed by atoms with Crippen molar-refractivity contribution < 1.29 is 28.7 Å². The summed E-state index contributed by atoms with van der Waals surface area (Å²) in [6.07, 6.45) is 16.7. The molecule has 214 valence electrons. The third-order valence-corrected chi connectivity index (χ3v) is 10.4. The highest BCUT2D eigenvalue weighted by Gasteiger charge is 2.66. The minimum Gasteiger partial charge on any atom is -0.379 e. The number of hydrogen-bond donors (Lipinski definition) is 0. The maximum absolute atomic E-state index is 13.1. The first-order valence-electron chi connectivity index (χ1n) is 14.8. The second kappa shape index (κ2) is 10.5. The fourth-order valence-electron chi connectivity index (χ4n) is 8.81. The Labute approximate surface area is 236 Å². The molecule has 6 rings (SSSR count). The molecule has 2 saturated heterocycles. The molecule has 0 aromatic heterocycles. The molecule has 4 bridgehead atoms. The lowest BCUT2D eigenvalue weighted by atomic mass is 9.73. The van der Waals surface area contributed by atoms with Gasteiger partial charge in [-0.3, -0.25) is 29.0 Å². The average molecular weight is 549 g/mol. The number of fused-ring (bicyclic) bond motifs is 10. The first kappa shape index (κ1) is 27.3. The molecule has 8 unspecified atom stereocenters. The molecule has 8 atom stereocenters. The number of carbonyl (C=O) groups is 4. The summed E-state index contributed by atoms with van der Waals surface area (Å²) in [4.78, 5) is 55.2. The standard InChI is InChI=1S/C32H40N2O6/c1-3-9-31-11-7-21(19-31)23-25(31)29(37)33(27(23)35)13-5-15-39-17-18-40-16-6-14-34-28(36)24-22-8-12-32(20-22,10-4-2)26(24)30(34)38/h3-4,7-8,11-12,21-26H,1-2,5-6,9-10,13-20H2. The first-order valence-corrected chi connectivity index (χ1v) is 14.8. The van der Waals surface area contributed by atoms with Crippen LogP contribution in [-0.2, 0) is 28.7 Å². The Balaban J connectivity index is 0.858. The number of carbonyl (C=O) groups excluding carboxylic acids is 4. The highest BCUT2D eigenvalue weighted by atomic mass is 16.5. The summed E-state index contributed by atoms with van der Waals surface area (Å²) < 4.78 is 11.3. The summed E-state index contributed by atoms with van der Waals surface area (Å²) >= 11 is 0. The van der Waals surface area contributed by atoms with Gasteiger partial charge >= 0.3 is 0 Å². The quantitative estimate of drug-likeness (QED) is 0.177. The highest BCUT2D eigenvalue weighted by Crippen LogP contribution is 2.62. The molecule has 4 fully saturated rings. The zero-order valence-corrected chi connectivity index (χ0v) is 23.2. The van der Waals surface area contributed by atoms with Crippen LogP contribution in [0, 0.1) is 46.3 Å². The van der Waals surface area contributed by atoms with E-state index in [2.05, 4.69) is 37.5 Å². The zero-order valence-electron chi connectivity index (χ0n) is 23.2. The number of allylic oxidation sites excluding steroid dienone is 6. The Kier molecular flexibility index (Phi) is 7.20. The average Bonchev–Trinajstić information content (AvgIpc) is 3.75. The minimum absolute atomic E-state index is 0.0306. The molecule has 0 aromatic carbocycles. The highest BCUT2D eigenvalue weighted by molar-refractivity contribution is 6.07. The van der Waals surface area contributed by atoms with E-state index in [0.717, 1.165) is 25.7 Å². The molecule has 8 heteroatoms. The SMILES string of the molecule is C=CCC12C=CC(C1)C1C(=O)N(CCCOCCOCCCN3C(=O)C4C5C=CC(CC=C)(C5)C4C3=O)C(=O)C12. The van der Waals surface area contributed by atoms with Crippen LogP contribution in [0.4, 0.5) is 0 Å². The molecule has 0 N–H and O–H groups in total. The Morgan fingerprint density at radius 2 is 1.12 bits per heavy atom. The van der Waals surface area contributed by atoms with Crippen molar-refractivity contribution in [2.24, 2.45) is 46.3 Å². The molecule has 4 amide bonds. The second-order valence-electron chi connectivity index (χ2n) is 12.5.